The van der Waals surface area contributed by atoms with E-state index >= 15 is 0 Å². The Kier molecular flexibility index (Phi) is 5.49. The van der Waals surface area contributed by atoms with Crippen LogP contribution in [-0.4, -0.2) is 41.8 Å². The lowest BCUT2D eigenvalue weighted by Gasteiger charge is -2.47. The molecule has 0 N–H and O–H groups in total. The number of nitrogens with zero attached hydrogens (tertiary/aromatic N) is 2. The minimum absolute atomic E-state index is 0.0130. The number of benzene rings is 1. The van der Waals surface area contributed by atoms with E-state index in [2.05, 4.69) is 44.6 Å². The average molecular weight is 399 g/mol. The molecule has 1 fully saturated rings. The Morgan fingerprint density at radius 2 is 2.11 bits per heavy atom. The first kappa shape index (κ1) is 20.3. The van der Waals surface area contributed by atoms with Crippen LogP contribution in [0.3, 0.4) is 0 Å². The number of ether oxygens (including phenoxy) is 1. The van der Waals surface area contributed by atoms with Crippen LogP contribution in [0.2, 0.25) is 0 Å². The highest BCUT2D eigenvalue weighted by atomic mass is 32.2. The molecule has 0 bridgehead atoms. The average Bonchev–Trinajstić information content (AvgIpc) is 2.89. The molecule has 3 rings (SSSR count). The first-order valence-corrected chi connectivity index (χ1v) is 10.2. The third-order valence-electron chi connectivity index (χ3n) is 5.46. The lowest BCUT2D eigenvalue weighted by atomic mass is 9.79. The summed E-state index contributed by atoms with van der Waals surface area (Å²) in [6.07, 6.45) is 8.05. The van der Waals surface area contributed by atoms with Gasteiger partial charge in [0.15, 0.2) is 0 Å². The van der Waals surface area contributed by atoms with Crippen molar-refractivity contribution in [3.05, 3.63) is 28.2 Å². The monoisotopic (exact) mass is 398 g/mol. The first-order chi connectivity index (χ1) is 13.2. The van der Waals surface area contributed by atoms with E-state index in [4.69, 9.17) is 11.2 Å². The van der Waals surface area contributed by atoms with E-state index in [-0.39, 0.29) is 23.2 Å². The smallest absolute Gasteiger partial charge is 0.294 e. The van der Waals surface area contributed by atoms with Gasteiger partial charge in [-0.2, -0.15) is 0 Å². The van der Waals surface area contributed by atoms with E-state index in [1.165, 1.54) is 11.3 Å². The molecule has 2 aliphatic heterocycles. The number of imide groups is 1. The molecule has 1 atom stereocenters. The summed E-state index contributed by atoms with van der Waals surface area (Å²) in [7, 11) is 1.62. The van der Waals surface area contributed by atoms with Crippen LogP contribution in [0.25, 0.3) is 6.08 Å². The summed E-state index contributed by atoms with van der Waals surface area (Å²) < 4.78 is 5.63. The molecule has 0 radical (unpaired) electrons. The fourth-order valence-corrected chi connectivity index (χ4v) is 5.11. The van der Waals surface area contributed by atoms with Gasteiger partial charge in [-0.05, 0) is 62.6 Å². The summed E-state index contributed by atoms with van der Waals surface area (Å²) in [4.78, 5) is 28.4. The Balaban J connectivity index is 2.08. The maximum absolute atomic E-state index is 12.5. The van der Waals surface area contributed by atoms with Gasteiger partial charge in [0.2, 0.25) is 0 Å². The van der Waals surface area contributed by atoms with Gasteiger partial charge in [0.05, 0.1) is 18.6 Å². The maximum atomic E-state index is 12.5. The summed E-state index contributed by atoms with van der Waals surface area (Å²) in [6, 6.07) is 4.14. The lowest BCUT2D eigenvalue weighted by molar-refractivity contribution is -0.122. The van der Waals surface area contributed by atoms with E-state index < -0.39 is 0 Å². The summed E-state index contributed by atoms with van der Waals surface area (Å²) in [5.41, 5.74) is 3.26. The number of methoxy groups -OCH3 is 1. The highest BCUT2D eigenvalue weighted by Gasteiger charge is 2.37. The Hall–Kier alpha value is -2.39. The summed E-state index contributed by atoms with van der Waals surface area (Å²) in [6.45, 7) is 9.80. The van der Waals surface area contributed by atoms with Crippen LogP contribution in [-0.2, 0) is 4.79 Å². The minimum atomic E-state index is -0.350. The topological polar surface area (TPSA) is 49.9 Å². The normalized spacial score (nSPS) is 22.4. The number of hydrogen-bond donors (Lipinski definition) is 0. The van der Waals surface area contributed by atoms with Crippen LogP contribution < -0.4 is 9.64 Å². The quantitative estimate of drug-likeness (QED) is 0.553. The van der Waals surface area contributed by atoms with Crippen LogP contribution >= 0.6 is 11.8 Å². The van der Waals surface area contributed by atoms with E-state index in [0.717, 1.165) is 35.2 Å². The molecule has 0 aliphatic carbocycles. The number of hydrogen-bond acceptors (Lipinski definition) is 5. The van der Waals surface area contributed by atoms with Gasteiger partial charge in [0, 0.05) is 29.4 Å². The number of anilines is 1. The van der Waals surface area contributed by atoms with E-state index in [9.17, 15) is 9.59 Å². The van der Waals surface area contributed by atoms with Gasteiger partial charge in [-0.25, -0.2) is 0 Å². The molecular formula is C22H26N2O3S. The standard InChI is InChI=1S/C22H26N2O3S/c1-7-9-23-20(25)19(28-21(23)26)11-15-10-16-14(3)13-22(4,5)24(8-2)17(16)12-18(15)27-6/h1,10-12,14H,8-9,13H2,2-6H3/b19-11+. The Morgan fingerprint density at radius 1 is 1.39 bits per heavy atom. The van der Waals surface area contributed by atoms with Crippen molar-refractivity contribution in [2.45, 2.75) is 45.6 Å². The molecule has 1 unspecified atom stereocenters. The highest BCUT2D eigenvalue weighted by Crippen LogP contribution is 2.46. The molecule has 2 aliphatic rings. The van der Waals surface area contributed by atoms with Gasteiger partial charge in [-0.15, -0.1) is 6.42 Å². The zero-order valence-corrected chi connectivity index (χ0v) is 17.9. The molecule has 2 amide bonds. The van der Waals surface area contributed by atoms with Crippen LogP contribution in [0.15, 0.2) is 17.0 Å². The fourth-order valence-electron chi connectivity index (χ4n) is 4.28. The molecule has 1 aromatic rings. The molecule has 1 aromatic carbocycles. The summed E-state index contributed by atoms with van der Waals surface area (Å²) >= 11 is 0.916. The van der Waals surface area contributed by atoms with Crippen molar-refractivity contribution in [2.75, 3.05) is 25.1 Å². The van der Waals surface area contributed by atoms with Gasteiger partial charge in [0.1, 0.15) is 5.75 Å². The number of terminal acetylenes is 1. The molecule has 0 spiro atoms. The number of fused-ring (bicyclic) bond motifs is 1. The molecule has 28 heavy (non-hydrogen) atoms. The van der Waals surface area contributed by atoms with Gasteiger partial charge >= 0.3 is 0 Å². The SMILES string of the molecule is C#CCN1C(=O)S/C(=C/c2cc3c(cc2OC)N(CC)C(C)(C)CC3C)C1=O. The van der Waals surface area contributed by atoms with Crippen LogP contribution in [0.4, 0.5) is 10.5 Å². The predicted molar refractivity (Wildman–Crippen MR) is 115 cm³/mol. The van der Waals surface area contributed by atoms with Crippen molar-refractivity contribution in [3.63, 3.8) is 0 Å². The fraction of sp³-hybridized carbons (Fsp3) is 0.455. The first-order valence-electron chi connectivity index (χ1n) is 9.41. The van der Waals surface area contributed by atoms with Crippen molar-refractivity contribution in [1.82, 2.24) is 4.90 Å². The van der Waals surface area contributed by atoms with Gasteiger partial charge in [0.25, 0.3) is 11.1 Å². The zero-order chi connectivity index (χ0) is 20.6. The minimum Gasteiger partial charge on any atom is -0.496 e. The number of carbonyl (C=O) groups is 2. The number of amides is 2. The van der Waals surface area contributed by atoms with Gasteiger partial charge in [-0.1, -0.05) is 12.8 Å². The molecule has 0 aromatic heterocycles. The molecule has 5 nitrogen and oxygen atoms in total. The second-order valence-electron chi connectivity index (χ2n) is 7.79. The van der Waals surface area contributed by atoms with E-state index in [0.29, 0.717) is 16.6 Å². The molecule has 1 saturated heterocycles. The molecule has 0 saturated carbocycles. The number of carbonyl (C=O) groups excluding carboxylic acids is 2. The van der Waals surface area contributed by atoms with Crippen LogP contribution in [0.5, 0.6) is 5.75 Å². The number of rotatable bonds is 4. The molecule has 2 heterocycles. The van der Waals surface area contributed by atoms with Crippen molar-refractivity contribution >= 4 is 34.7 Å². The lowest BCUT2D eigenvalue weighted by Crippen LogP contribution is -2.48. The largest absolute Gasteiger partial charge is 0.496 e. The molecular weight excluding hydrogens is 372 g/mol. The van der Waals surface area contributed by atoms with Crippen molar-refractivity contribution in [3.8, 4) is 18.1 Å². The second kappa shape index (κ2) is 7.56. The van der Waals surface area contributed by atoms with Crippen LogP contribution in [0.1, 0.15) is 51.2 Å². The van der Waals surface area contributed by atoms with Gasteiger partial charge < -0.3 is 9.64 Å². The van der Waals surface area contributed by atoms with Crippen LogP contribution in [0, 0.1) is 12.3 Å². The van der Waals surface area contributed by atoms with E-state index in [1.54, 1.807) is 13.2 Å². The van der Waals surface area contributed by atoms with Crippen molar-refractivity contribution in [1.29, 1.82) is 0 Å². The maximum Gasteiger partial charge on any atom is 0.294 e. The Labute approximate surface area is 171 Å². The summed E-state index contributed by atoms with van der Waals surface area (Å²) in [5.74, 6) is 3.07. The van der Waals surface area contributed by atoms with Crippen molar-refractivity contribution in [2.24, 2.45) is 0 Å². The highest BCUT2D eigenvalue weighted by molar-refractivity contribution is 8.18. The third kappa shape index (κ3) is 3.40. The van der Waals surface area contributed by atoms with E-state index in [1.807, 2.05) is 6.07 Å². The van der Waals surface area contributed by atoms with Gasteiger partial charge in [-0.3, -0.25) is 14.5 Å². The second-order valence-corrected chi connectivity index (χ2v) is 8.78. The van der Waals surface area contributed by atoms with Crippen molar-refractivity contribution < 1.29 is 14.3 Å². The molecule has 6 heteroatoms. The Morgan fingerprint density at radius 3 is 2.71 bits per heavy atom. The zero-order valence-electron chi connectivity index (χ0n) is 17.0. The third-order valence-corrected chi connectivity index (χ3v) is 6.37. The number of thioether (sulfide) groups is 1. The predicted octanol–water partition coefficient (Wildman–Crippen LogP) is 4.48. The Bertz CT molecular complexity index is 898. The molecule has 148 valence electrons. The summed E-state index contributed by atoms with van der Waals surface area (Å²) in [5, 5.41) is -0.335.